The van der Waals surface area contributed by atoms with E-state index in [-0.39, 0.29) is 5.91 Å². The van der Waals surface area contributed by atoms with Gasteiger partial charge in [-0.1, -0.05) is 47.9 Å². The number of carbonyl (C=O) groups is 1. The molecule has 1 aromatic carbocycles. The molecule has 0 atom stereocenters. The molecule has 0 radical (unpaired) electrons. The molecule has 1 aromatic heterocycles. The molecule has 0 saturated carbocycles. The van der Waals surface area contributed by atoms with Gasteiger partial charge >= 0.3 is 0 Å². The lowest BCUT2D eigenvalue weighted by Crippen LogP contribution is -2.11. The Hall–Kier alpha value is -1.17. The highest BCUT2D eigenvalue weighted by molar-refractivity contribution is 7.15. The van der Waals surface area contributed by atoms with Crippen molar-refractivity contribution in [2.75, 3.05) is 5.32 Å². The number of aryl methyl sites for hydroxylation is 1. The molecule has 0 aliphatic heterocycles. The van der Waals surface area contributed by atoms with E-state index < -0.39 is 0 Å². The monoisotopic (exact) mass is 329 g/mol. The number of benzene rings is 1. The van der Waals surface area contributed by atoms with Gasteiger partial charge in [-0.2, -0.15) is 0 Å². The average molecular weight is 330 g/mol. The Morgan fingerprint density at radius 1 is 1.25 bits per heavy atom. The summed E-state index contributed by atoms with van der Waals surface area (Å²) in [5, 5.41) is 12.9. The van der Waals surface area contributed by atoms with Crippen LogP contribution in [0, 0.1) is 0 Å². The van der Waals surface area contributed by atoms with Crippen LogP contribution in [-0.2, 0) is 6.42 Å². The minimum Gasteiger partial charge on any atom is -0.296 e. The van der Waals surface area contributed by atoms with Crippen molar-refractivity contribution in [3.63, 3.8) is 0 Å². The van der Waals surface area contributed by atoms with E-state index in [1.807, 2.05) is 0 Å². The topological polar surface area (TPSA) is 54.9 Å². The van der Waals surface area contributed by atoms with Gasteiger partial charge in [0.05, 0.1) is 0 Å². The first-order chi connectivity index (χ1) is 9.58. The van der Waals surface area contributed by atoms with E-state index in [2.05, 4.69) is 22.4 Å². The maximum absolute atomic E-state index is 12.1. The molecular weight excluding hydrogens is 317 g/mol. The van der Waals surface area contributed by atoms with Crippen LogP contribution in [0.15, 0.2) is 18.2 Å². The maximum Gasteiger partial charge on any atom is 0.257 e. The van der Waals surface area contributed by atoms with E-state index in [9.17, 15) is 4.79 Å². The molecule has 1 N–H and O–H groups in total. The largest absolute Gasteiger partial charge is 0.296 e. The highest BCUT2D eigenvalue weighted by Gasteiger charge is 2.11. The van der Waals surface area contributed by atoms with Crippen LogP contribution in [0.5, 0.6) is 0 Å². The third-order valence-electron chi connectivity index (χ3n) is 2.56. The molecule has 0 fully saturated rings. The fraction of sp³-hybridized carbons (Fsp3) is 0.308. The summed E-state index contributed by atoms with van der Waals surface area (Å²) < 4.78 is 0. The summed E-state index contributed by atoms with van der Waals surface area (Å²) in [6, 6.07) is 4.69. The summed E-state index contributed by atoms with van der Waals surface area (Å²) in [5.41, 5.74) is 0.396. The van der Waals surface area contributed by atoms with Crippen molar-refractivity contribution in [2.24, 2.45) is 0 Å². The van der Waals surface area contributed by atoms with Crippen LogP contribution in [0.1, 0.15) is 35.1 Å². The lowest BCUT2D eigenvalue weighted by molar-refractivity contribution is 0.102. The van der Waals surface area contributed by atoms with Crippen LogP contribution < -0.4 is 5.32 Å². The van der Waals surface area contributed by atoms with Gasteiger partial charge in [-0.25, -0.2) is 0 Å². The van der Waals surface area contributed by atoms with E-state index in [0.717, 1.165) is 24.3 Å². The number of anilines is 1. The molecule has 0 saturated heterocycles. The number of hydrogen-bond acceptors (Lipinski definition) is 4. The number of nitrogens with one attached hydrogen (secondary N) is 1. The first kappa shape index (κ1) is 15.2. The number of nitrogens with zero attached hydrogens (tertiary/aromatic N) is 2. The van der Waals surface area contributed by atoms with E-state index in [1.165, 1.54) is 11.3 Å². The van der Waals surface area contributed by atoms with Crippen molar-refractivity contribution >= 4 is 45.6 Å². The van der Waals surface area contributed by atoms with Crippen LogP contribution in [0.3, 0.4) is 0 Å². The fourth-order valence-corrected chi connectivity index (χ4v) is 2.89. The number of amides is 1. The summed E-state index contributed by atoms with van der Waals surface area (Å²) in [5.74, 6) is -0.299. The van der Waals surface area contributed by atoms with Gasteiger partial charge in [0, 0.05) is 22.0 Å². The van der Waals surface area contributed by atoms with Crippen LogP contribution in [0.2, 0.25) is 10.0 Å². The van der Waals surface area contributed by atoms with E-state index in [4.69, 9.17) is 23.2 Å². The summed E-state index contributed by atoms with van der Waals surface area (Å²) in [6.45, 7) is 2.12. The number of rotatable bonds is 5. The molecule has 1 amide bonds. The molecule has 1 heterocycles. The van der Waals surface area contributed by atoms with Crippen molar-refractivity contribution in [1.29, 1.82) is 0 Å². The smallest absolute Gasteiger partial charge is 0.257 e. The minimum absolute atomic E-state index is 0.299. The molecule has 2 rings (SSSR count). The molecule has 2 aromatic rings. The van der Waals surface area contributed by atoms with Crippen LogP contribution in [0.4, 0.5) is 5.13 Å². The van der Waals surface area contributed by atoms with Crippen molar-refractivity contribution in [1.82, 2.24) is 10.2 Å². The van der Waals surface area contributed by atoms with Gasteiger partial charge < -0.3 is 0 Å². The number of halogens is 2. The zero-order valence-corrected chi connectivity index (χ0v) is 13.1. The van der Waals surface area contributed by atoms with E-state index in [1.54, 1.807) is 18.2 Å². The molecule has 0 spiro atoms. The Morgan fingerprint density at radius 2 is 1.95 bits per heavy atom. The van der Waals surface area contributed by atoms with Crippen molar-refractivity contribution in [3.8, 4) is 0 Å². The van der Waals surface area contributed by atoms with Gasteiger partial charge in [-0.15, -0.1) is 10.2 Å². The second-order valence-electron chi connectivity index (χ2n) is 4.22. The van der Waals surface area contributed by atoms with Crippen molar-refractivity contribution in [3.05, 3.63) is 38.8 Å². The molecule has 0 unspecified atom stereocenters. The lowest BCUT2D eigenvalue weighted by Gasteiger charge is -2.02. The minimum atomic E-state index is -0.299. The third-order valence-corrected chi connectivity index (χ3v) is 3.89. The Morgan fingerprint density at radius 3 is 2.60 bits per heavy atom. The fourth-order valence-electron chi connectivity index (χ4n) is 1.59. The number of aromatic nitrogens is 2. The Balaban J connectivity index is 2.05. The summed E-state index contributed by atoms with van der Waals surface area (Å²) in [7, 11) is 0. The zero-order valence-electron chi connectivity index (χ0n) is 10.8. The van der Waals surface area contributed by atoms with Gasteiger partial charge in [0.25, 0.3) is 5.91 Å². The molecule has 7 heteroatoms. The molecule has 20 heavy (non-hydrogen) atoms. The third kappa shape index (κ3) is 4.16. The standard InChI is InChI=1S/C13H13Cl2N3OS/c1-2-3-4-11-17-18-13(20-11)16-12(19)8-5-9(14)7-10(15)6-8/h5-7H,2-4H2,1H3,(H,16,18,19). The molecule has 4 nitrogen and oxygen atoms in total. The Bertz CT molecular complexity index is 595. The predicted octanol–water partition coefficient (Wildman–Crippen LogP) is 4.44. The summed E-state index contributed by atoms with van der Waals surface area (Å²) in [4.78, 5) is 12.1. The number of unbranched alkanes of at least 4 members (excludes halogenated alkanes) is 1. The van der Waals surface area contributed by atoms with E-state index in [0.29, 0.717) is 20.7 Å². The van der Waals surface area contributed by atoms with Crippen LogP contribution in [0.25, 0.3) is 0 Å². The lowest BCUT2D eigenvalue weighted by atomic mass is 10.2. The maximum atomic E-state index is 12.1. The molecule has 0 aliphatic rings. The van der Waals surface area contributed by atoms with Gasteiger partial charge in [0.1, 0.15) is 5.01 Å². The predicted molar refractivity (Wildman–Crippen MR) is 82.9 cm³/mol. The first-order valence-corrected chi connectivity index (χ1v) is 7.75. The van der Waals surface area contributed by atoms with Gasteiger partial charge in [-0.3, -0.25) is 10.1 Å². The van der Waals surface area contributed by atoms with E-state index >= 15 is 0 Å². The van der Waals surface area contributed by atoms with Gasteiger partial charge in [0.15, 0.2) is 0 Å². The quantitative estimate of drug-likeness (QED) is 0.882. The van der Waals surface area contributed by atoms with Gasteiger partial charge in [0.2, 0.25) is 5.13 Å². The first-order valence-electron chi connectivity index (χ1n) is 6.18. The molecular formula is C13H13Cl2N3OS. The highest BCUT2D eigenvalue weighted by Crippen LogP contribution is 2.21. The normalized spacial score (nSPS) is 10.6. The zero-order chi connectivity index (χ0) is 14.5. The van der Waals surface area contributed by atoms with Crippen molar-refractivity contribution in [2.45, 2.75) is 26.2 Å². The van der Waals surface area contributed by atoms with Crippen LogP contribution in [-0.4, -0.2) is 16.1 Å². The number of carbonyl (C=O) groups excluding carboxylic acids is 1. The number of hydrogen-bond donors (Lipinski definition) is 1. The average Bonchev–Trinajstić information content (AvgIpc) is 2.82. The molecule has 106 valence electrons. The van der Waals surface area contributed by atoms with Crippen LogP contribution >= 0.6 is 34.5 Å². The second kappa shape index (κ2) is 7.02. The molecule has 0 bridgehead atoms. The Labute approximate surface area is 131 Å². The SMILES string of the molecule is CCCCc1nnc(NC(=O)c2cc(Cl)cc(Cl)c2)s1. The van der Waals surface area contributed by atoms with Crippen molar-refractivity contribution < 1.29 is 4.79 Å². The van der Waals surface area contributed by atoms with Gasteiger partial charge in [-0.05, 0) is 24.6 Å². The molecule has 0 aliphatic carbocycles. The second-order valence-corrected chi connectivity index (χ2v) is 6.15. The Kier molecular flexibility index (Phi) is 5.34. The summed E-state index contributed by atoms with van der Waals surface area (Å²) >= 11 is 13.1. The highest BCUT2D eigenvalue weighted by atomic mass is 35.5. The summed E-state index contributed by atoms with van der Waals surface area (Å²) in [6.07, 6.45) is 3.04.